The van der Waals surface area contributed by atoms with Crippen LogP contribution in [0.1, 0.15) is 51.9 Å². The molecule has 5 nitrogen and oxygen atoms in total. The zero-order valence-electron chi connectivity index (χ0n) is 13.0. The average Bonchev–Trinajstić information content (AvgIpc) is 2.53. The second-order valence-electron chi connectivity index (χ2n) is 6.52. The summed E-state index contributed by atoms with van der Waals surface area (Å²) in [5.41, 5.74) is 0. The first kappa shape index (κ1) is 16.3. The number of amides is 2. The third-order valence-corrected chi connectivity index (χ3v) is 4.82. The Morgan fingerprint density at radius 2 is 1.76 bits per heavy atom. The molecule has 1 heterocycles. The van der Waals surface area contributed by atoms with Crippen LogP contribution in [-0.4, -0.2) is 47.6 Å². The van der Waals surface area contributed by atoms with Crippen molar-refractivity contribution < 1.29 is 14.7 Å². The van der Waals surface area contributed by atoms with E-state index in [1.54, 1.807) is 4.90 Å². The predicted octanol–water partition coefficient (Wildman–Crippen LogP) is 1.30. The molecule has 1 aliphatic carbocycles. The third kappa shape index (κ3) is 4.70. The van der Waals surface area contributed by atoms with Gasteiger partial charge in [0.25, 0.3) is 5.91 Å². The van der Waals surface area contributed by atoms with Crippen LogP contribution in [-0.2, 0) is 9.59 Å². The Bertz CT molecular complexity index is 357. The third-order valence-electron chi connectivity index (χ3n) is 4.82. The normalized spacial score (nSPS) is 22.9. The molecule has 0 unspecified atom stereocenters. The summed E-state index contributed by atoms with van der Waals surface area (Å²) in [7, 11) is 0. The van der Waals surface area contributed by atoms with E-state index < -0.39 is 6.10 Å². The van der Waals surface area contributed by atoms with Crippen molar-refractivity contribution in [2.45, 2.75) is 58.0 Å². The summed E-state index contributed by atoms with van der Waals surface area (Å²) in [4.78, 5) is 25.5. The van der Waals surface area contributed by atoms with E-state index in [1.165, 1.54) is 26.2 Å². The molecule has 0 bridgehead atoms. The van der Waals surface area contributed by atoms with Gasteiger partial charge in [-0.3, -0.25) is 9.59 Å². The standard InChI is InChI=1S/C16H28N2O3/c1-12(19)16(21)18-9-7-13(8-10-18)11-17-15(20)14-5-3-2-4-6-14/h12-14,19H,2-11H2,1H3,(H,17,20)/t12-/m1/s1. The molecule has 1 aliphatic heterocycles. The van der Waals surface area contributed by atoms with Gasteiger partial charge in [-0.2, -0.15) is 0 Å². The van der Waals surface area contributed by atoms with Crippen molar-refractivity contribution in [2.75, 3.05) is 19.6 Å². The molecule has 2 N–H and O–H groups in total. The maximum atomic E-state index is 12.1. The summed E-state index contributed by atoms with van der Waals surface area (Å²) < 4.78 is 0. The maximum absolute atomic E-state index is 12.1. The van der Waals surface area contributed by atoms with Crippen LogP contribution in [0.2, 0.25) is 0 Å². The van der Waals surface area contributed by atoms with E-state index in [0.29, 0.717) is 19.0 Å². The molecule has 2 aliphatic rings. The number of carbonyl (C=O) groups excluding carboxylic acids is 2. The van der Waals surface area contributed by atoms with Gasteiger partial charge in [-0.1, -0.05) is 19.3 Å². The Hall–Kier alpha value is -1.10. The van der Waals surface area contributed by atoms with Crippen LogP contribution in [0.5, 0.6) is 0 Å². The zero-order valence-corrected chi connectivity index (χ0v) is 13.0. The van der Waals surface area contributed by atoms with Gasteiger partial charge in [0.05, 0.1) is 0 Å². The zero-order chi connectivity index (χ0) is 15.2. The quantitative estimate of drug-likeness (QED) is 0.821. The number of piperidine rings is 1. The van der Waals surface area contributed by atoms with Gasteiger partial charge in [0.1, 0.15) is 6.10 Å². The molecule has 2 fully saturated rings. The van der Waals surface area contributed by atoms with Crippen LogP contribution in [0.3, 0.4) is 0 Å². The van der Waals surface area contributed by atoms with Gasteiger partial charge in [0.15, 0.2) is 0 Å². The van der Waals surface area contributed by atoms with E-state index in [9.17, 15) is 14.7 Å². The smallest absolute Gasteiger partial charge is 0.251 e. The van der Waals surface area contributed by atoms with Crippen molar-refractivity contribution >= 4 is 11.8 Å². The highest BCUT2D eigenvalue weighted by Gasteiger charge is 2.26. The molecule has 2 rings (SSSR count). The minimum atomic E-state index is -0.910. The Balaban J connectivity index is 1.66. The first-order valence-corrected chi connectivity index (χ1v) is 8.32. The summed E-state index contributed by atoms with van der Waals surface area (Å²) >= 11 is 0. The lowest BCUT2D eigenvalue weighted by molar-refractivity contribution is -0.140. The van der Waals surface area contributed by atoms with Crippen molar-refractivity contribution in [1.29, 1.82) is 0 Å². The molecule has 21 heavy (non-hydrogen) atoms. The molecule has 1 atom stereocenters. The summed E-state index contributed by atoms with van der Waals surface area (Å²) in [5.74, 6) is 0.711. The average molecular weight is 296 g/mol. The maximum Gasteiger partial charge on any atom is 0.251 e. The van der Waals surface area contributed by atoms with Crippen molar-refractivity contribution in [3.05, 3.63) is 0 Å². The van der Waals surface area contributed by atoms with Crippen molar-refractivity contribution in [3.63, 3.8) is 0 Å². The molecule has 0 aromatic rings. The summed E-state index contributed by atoms with van der Waals surface area (Å²) in [6, 6.07) is 0. The fourth-order valence-corrected chi connectivity index (χ4v) is 3.38. The molecule has 1 saturated carbocycles. The van der Waals surface area contributed by atoms with Crippen LogP contribution in [0, 0.1) is 11.8 Å². The highest BCUT2D eigenvalue weighted by atomic mass is 16.3. The highest BCUT2D eigenvalue weighted by molar-refractivity contribution is 5.80. The van der Waals surface area contributed by atoms with E-state index >= 15 is 0 Å². The molecule has 5 heteroatoms. The van der Waals surface area contributed by atoms with E-state index in [0.717, 1.165) is 32.2 Å². The number of rotatable bonds is 4. The van der Waals surface area contributed by atoms with Crippen LogP contribution in [0.4, 0.5) is 0 Å². The lowest BCUT2D eigenvalue weighted by atomic mass is 9.88. The number of hydrogen-bond donors (Lipinski definition) is 2. The van der Waals surface area contributed by atoms with Crippen LogP contribution < -0.4 is 5.32 Å². The molecule has 2 amide bonds. The summed E-state index contributed by atoms with van der Waals surface area (Å²) in [5, 5.41) is 12.4. The van der Waals surface area contributed by atoms with Gasteiger partial charge in [0, 0.05) is 25.6 Å². The molecule has 1 saturated heterocycles. The Morgan fingerprint density at radius 1 is 1.14 bits per heavy atom. The monoisotopic (exact) mass is 296 g/mol. The predicted molar refractivity (Wildman–Crippen MR) is 80.6 cm³/mol. The number of likely N-dealkylation sites (tertiary alicyclic amines) is 1. The molecule has 0 spiro atoms. The van der Waals surface area contributed by atoms with E-state index in [4.69, 9.17) is 0 Å². The molecule has 0 aromatic heterocycles. The molecule has 0 aromatic carbocycles. The molecular formula is C16H28N2O3. The number of aliphatic hydroxyl groups is 1. The van der Waals surface area contributed by atoms with E-state index in [2.05, 4.69) is 5.32 Å². The molecule has 120 valence electrons. The van der Waals surface area contributed by atoms with Crippen LogP contribution in [0.25, 0.3) is 0 Å². The number of nitrogens with one attached hydrogen (secondary N) is 1. The first-order valence-electron chi connectivity index (χ1n) is 8.32. The fourth-order valence-electron chi connectivity index (χ4n) is 3.38. The number of aliphatic hydroxyl groups excluding tert-OH is 1. The minimum Gasteiger partial charge on any atom is -0.384 e. The summed E-state index contributed by atoms with van der Waals surface area (Å²) in [6.45, 7) is 3.62. The Kier molecular flexibility index (Phi) is 6.03. The van der Waals surface area contributed by atoms with Crippen LogP contribution in [0.15, 0.2) is 0 Å². The number of carbonyl (C=O) groups is 2. The molecule has 0 radical (unpaired) electrons. The van der Waals surface area contributed by atoms with Gasteiger partial charge in [0.2, 0.25) is 5.91 Å². The van der Waals surface area contributed by atoms with E-state index in [1.807, 2.05) is 0 Å². The lowest BCUT2D eigenvalue weighted by Gasteiger charge is -2.33. The van der Waals surface area contributed by atoms with Gasteiger partial charge in [-0.05, 0) is 38.5 Å². The Morgan fingerprint density at radius 3 is 2.33 bits per heavy atom. The Labute approximate surface area is 127 Å². The minimum absolute atomic E-state index is 0.181. The lowest BCUT2D eigenvalue weighted by Crippen LogP contribution is -2.45. The second kappa shape index (κ2) is 7.78. The highest BCUT2D eigenvalue weighted by Crippen LogP contribution is 2.24. The SMILES string of the molecule is C[C@@H](O)C(=O)N1CCC(CNC(=O)C2CCCCC2)CC1. The fraction of sp³-hybridized carbons (Fsp3) is 0.875. The first-order chi connectivity index (χ1) is 10.1. The van der Waals surface area contributed by atoms with Crippen molar-refractivity contribution in [2.24, 2.45) is 11.8 Å². The van der Waals surface area contributed by atoms with Gasteiger partial charge >= 0.3 is 0 Å². The van der Waals surface area contributed by atoms with Crippen molar-refractivity contribution in [1.82, 2.24) is 10.2 Å². The van der Waals surface area contributed by atoms with Gasteiger partial charge in [-0.25, -0.2) is 0 Å². The summed E-state index contributed by atoms with van der Waals surface area (Å²) in [6.07, 6.45) is 6.59. The number of hydrogen-bond acceptors (Lipinski definition) is 3. The second-order valence-corrected chi connectivity index (χ2v) is 6.52. The topological polar surface area (TPSA) is 69.6 Å². The van der Waals surface area contributed by atoms with E-state index in [-0.39, 0.29) is 17.7 Å². The van der Waals surface area contributed by atoms with Gasteiger partial charge in [-0.15, -0.1) is 0 Å². The molecular weight excluding hydrogens is 268 g/mol. The number of nitrogens with zero attached hydrogens (tertiary/aromatic N) is 1. The van der Waals surface area contributed by atoms with Crippen molar-refractivity contribution in [3.8, 4) is 0 Å². The largest absolute Gasteiger partial charge is 0.384 e. The van der Waals surface area contributed by atoms with Gasteiger partial charge < -0.3 is 15.3 Å². The van der Waals surface area contributed by atoms with Crippen LogP contribution >= 0.6 is 0 Å².